The van der Waals surface area contributed by atoms with Crippen molar-refractivity contribution >= 4 is 5.69 Å². The standard InChI is InChI=1S/C14H21NO2/c1-16-10-9-15-13-6-3-5-12(11-13)14(17-2)7-4-8-14/h3,5-6,11,15H,4,7-10H2,1-2H3. The maximum absolute atomic E-state index is 5.69. The Hall–Kier alpha value is -1.06. The third-order valence-corrected chi connectivity index (χ3v) is 3.58. The van der Waals surface area contributed by atoms with Gasteiger partial charge in [0, 0.05) is 26.5 Å². The second kappa shape index (κ2) is 5.52. The molecule has 0 aliphatic heterocycles. The third kappa shape index (κ3) is 2.61. The lowest BCUT2D eigenvalue weighted by atomic mass is 9.75. The average molecular weight is 235 g/mol. The largest absolute Gasteiger partial charge is 0.383 e. The Bertz CT molecular complexity index is 355. The maximum Gasteiger partial charge on any atom is 0.0928 e. The molecule has 0 spiro atoms. The molecule has 0 radical (unpaired) electrons. The van der Waals surface area contributed by atoms with Crippen molar-refractivity contribution in [2.24, 2.45) is 0 Å². The van der Waals surface area contributed by atoms with E-state index >= 15 is 0 Å². The fraction of sp³-hybridized carbons (Fsp3) is 0.571. The van der Waals surface area contributed by atoms with Gasteiger partial charge >= 0.3 is 0 Å². The molecule has 1 aromatic rings. The van der Waals surface area contributed by atoms with Crippen molar-refractivity contribution in [3.63, 3.8) is 0 Å². The fourth-order valence-corrected chi connectivity index (χ4v) is 2.32. The molecule has 2 rings (SSSR count). The van der Waals surface area contributed by atoms with Crippen molar-refractivity contribution in [2.75, 3.05) is 32.7 Å². The summed E-state index contributed by atoms with van der Waals surface area (Å²) in [5.41, 5.74) is 2.40. The lowest BCUT2D eigenvalue weighted by Crippen LogP contribution is -2.36. The summed E-state index contributed by atoms with van der Waals surface area (Å²) in [7, 11) is 3.52. The van der Waals surface area contributed by atoms with Crippen LogP contribution < -0.4 is 5.32 Å². The number of hydrogen-bond acceptors (Lipinski definition) is 3. The number of ether oxygens (including phenoxy) is 2. The molecule has 0 unspecified atom stereocenters. The zero-order chi connectivity index (χ0) is 12.1. The number of hydrogen-bond donors (Lipinski definition) is 1. The van der Waals surface area contributed by atoms with Crippen LogP contribution in [0, 0.1) is 0 Å². The molecule has 1 aromatic carbocycles. The summed E-state index contributed by atoms with van der Waals surface area (Å²) in [5.74, 6) is 0. The minimum atomic E-state index is -0.0288. The minimum absolute atomic E-state index is 0.0288. The summed E-state index contributed by atoms with van der Waals surface area (Å²) >= 11 is 0. The second-order valence-corrected chi connectivity index (χ2v) is 4.55. The average Bonchev–Trinajstić information content (AvgIpc) is 2.29. The second-order valence-electron chi connectivity index (χ2n) is 4.55. The first-order chi connectivity index (χ1) is 8.30. The highest BCUT2D eigenvalue weighted by Gasteiger charge is 2.38. The van der Waals surface area contributed by atoms with E-state index in [1.807, 2.05) is 7.11 Å². The quantitative estimate of drug-likeness (QED) is 0.769. The van der Waals surface area contributed by atoms with Gasteiger partial charge in [-0.2, -0.15) is 0 Å². The number of nitrogens with one attached hydrogen (secondary N) is 1. The first-order valence-electron chi connectivity index (χ1n) is 6.19. The van der Waals surface area contributed by atoms with Crippen LogP contribution in [0.2, 0.25) is 0 Å². The van der Waals surface area contributed by atoms with E-state index in [9.17, 15) is 0 Å². The Morgan fingerprint density at radius 3 is 2.71 bits per heavy atom. The van der Waals surface area contributed by atoms with Crippen LogP contribution in [-0.2, 0) is 15.1 Å². The van der Waals surface area contributed by atoms with Crippen molar-refractivity contribution in [2.45, 2.75) is 24.9 Å². The van der Waals surface area contributed by atoms with Gasteiger partial charge in [-0.05, 0) is 37.0 Å². The molecule has 0 amide bonds. The minimum Gasteiger partial charge on any atom is -0.383 e. The molecule has 1 fully saturated rings. The molecule has 3 heteroatoms. The molecule has 0 aromatic heterocycles. The van der Waals surface area contributed by atoms with Gasteiger partial charge in [-0.3, -0.25) is 0 Å². The van der Waals surface area contributed by atoms with Gasteiger partial charge in [-0.1, -0.05) is 12.1 Å². The Labute approximate surface area is 103 Å². The van der Waals surface area contributed by atoms with Crippen molar-refractivity contribution in [3.05, 3.63) is 29.8 Å². The molecule has 94 valence electrons. The van der Waals surface area contributed by atoms with Gasteiger partial charge < -0.3 is 14.8 Å². The summed E-state index contributed by atoms with van der Waals surface area (Å²) in [5, 5.41) is 3.35. The highest BCUT2D eigenvalue weighted by atomic mass is 16.5. The number of anilines is 1. The van der Waals surface area contributed by atoms with E-state index < -0.39 is 0 Å². The molecule has 1 saturated carbocycles. The van der Waals surface area contributed by atoms with Gasteiger partial charge in [-0.15, -0.1) is 0 Å². The molecule has 0 atom stereocenters. The van der Waals surface area contributed by atoms with Crippen LogP contribution in [0.3, 0.4) is 0 Å². The molecule has 0 heterocycles. The molecule has 0 saturated heterocycles. The van der Waals surface area contributed by atoms with E-state index in [2.05, 4.69) is 29.6 Å². The van der Waals surface area contributed by atoms with E-state index in [4.69, 9.17) is 9.47 Å². The molecule has 17 heavy (non-hydrogen) atoms. The highest BCUT2D eigenvalue weighted by molar-refractivity contribution is 5.47. The van der Waals surface area contributed by atoms with Gasteiger partial charge in [0.2, 0.25) is 0 Å². The van der Waals surface area contributed by atoms with Crippen LogP contribution in [0.4, 0.5) is 5.69 Å². The molecular formula is C14H21NO2. The lowest BCUT2D eigenvalue weighted by Gasteiger charge is -2.41. The Morgan fingerprint density at radius 2 is 2.12 bits per heavy atom. The predicted molar refractivity (Wildman–Crippen MR) is 69.3 cm³/mol. The van der Waals surface area contributed by atoms with Crippen molar-refractivity contribution in [1.29, 1.82) is 0 Å². The summed E-state index contributed by atoms with van der Waals surface area (Å²) < 4.78 is 10.7. The maximum atomic E-state index is 5.69. The normalized spacial score (nSPS) is 17.5. The van der Waals surface area contributed by atoms with Gasteiger partial charge in [0.15, 0.2) is 0 Å². The fourth-order valence-electron chi connectivity index (χ4n) is 2.32. The zero-order valence-electron chi connectivity index (χ0n) is 10.7. The SMILES string of the molecule is COCCNc1cccc(C2(OC)CCC2)c1. The van der Waals surface area contributed by atoms with Crippen LogP contribution >= 0.6 is 0 Å². The lowest BCUT2D eigenvalue weighted by molar-refractivity contribution is -0.0778. The molecular weight excluding hydrogens is 214 g/mol. The smallest absolute Gasteiger partial charge is 0.0928 e. The van der Waals surface area contributed by atoms with Crippen LogP contribution in [0.25, 0.3) is 0 Å². The molecule has 1 aliphatic rings. The van der Waals surface area contributed by atoms with Gasteiger partial charge in [0.25, 0.3) is 0 Å². The monoisotopic (exact) mass is 235 g/mol. The molecule has 3 nitrogen and oxygen atoms in total. The van der Waals surface area contributed by atoms with E-state index in [1.165, 1.54) is 12.0 Å². The molecule has 1 N–H and O–H groups in total. The van der Waals surface area contributed by atoms with Crippen LogP contribution in [0.15, 0.2) is 24.3 Å². The van der Waals surface area contributed by atoms with Crippen LogP contribution in [0.5, 0.6) is 0 Å². The first-order valence-corrected chi connectivity index (χ1v) is 6.19. The highest BCUT2D eigenvalue weighted by Crippen LogP contribution is 2.44. The van der Waals surface area contributed by atoms with Gasteiger partial charge in [0.1, 0.15) is 0 Å². The number of rotatable bonds is 6. The van der Waals surface area contributed by atoms with E-state index in [-0.39, 0.29) is 5.60 Å². The van der Waals surface area contributed by atoms with Crippen molar-refractivity contribution in [1.82, 2.24) is 0 Å². The summed E-state index contributed by atoms with van der Waals surface area (Å²) in [6, 6.07) is 8.52. The Kier molecular flexibility index (Phi) is 4.02. The van der Waals surface area contributed by atoms with E-state index in [0.29, 0.717) is 0 Å². The topological polar surface area (TPSA) is 30.5 Å². The number of benzene rings is 1. The summed E-state index contributed by atoms with van der Waals surface area (Å²) in [6.07, 6.45) is 3.52. The number of methoxy groups -OCH3 is 2. The Balaban J connectivity index is 2.05. The van der Waals surface area contributed by atoms with Crippen LogP contribution in [0.1, 0.15) is 24.8 Å². The third-order valence-electron chi connectivity index (χ3n) is 3.58. The van der Waals surface area contributed by atoms with E-state index in [0.717, 1.165) is 31.7 Å². The van der Waals surface area contributed by atoms with Gasteiger partial charge in [-0.25, -0.2) is 0 Å². The van der Waals surface area contributed by atoms with Crippen molar-refractivity contribution in [3.8, 4) is 0 Å². The summed E-state index contributed by atoms with van der Waals surface area (Å²) in [4.78, 5) is 0. The zero-order valence-corrected chi connectivity index (χ0v) is 10.7. The first kappa shape index (κ1) is 12.4. The predicted octanol–water partition coefficient (Wildman–Crippen LogP) is 2.77. The molecule has 0 bridgehead atoms. The Morgan fingerprint density at radius 1 is 1.29 bits per heavy atom. The van der Waals surface area contributed by atoms with Crippen LogP contribution in [-0.4, -0.2) is 27.4 Å². The molecule has 1 aliphatic carbocycles. The summed E-state index contributed by atoms with van der Waals surface area (Å²) in [6.45, 7) is 1.56. The van der Waals surface area contributed by atoms with E-state index in [1.54, 1.807) is 7.11 Å². The van der Waals surface area contributed by atoms with Gasteiger partial charge in [0.05, 0.1) is 12.2 Å². The van der Waals surface area contributed by atoms with Crippen molar-refractivity contribution < 1.29 is 9.47 Å².